The Morgan fingerprint density at radius 3 is 2.50 bits per heavy atom. The average Bonchev–Trinajstić information content (AvgIpc) is 2.15. The first-order valence-electron chi connectivity index (χ1n) is 5.61. The Bertz CT molecular complexity index is 217. The van der Waals surface area contributed by atoms with Crippen molar-refractivity contribution >= 4 is 5.78 Å². The van der Waals surface area contributed by atoms with Crippen LogP contribution in [0.1, 0.15) is 38.5 Å². The lowest BCUT2D eigenvalue weighted by Crippen LogP contribution is -2.54. The molecule has 3 nitrogen and oxygen atoms in total. The van der Waals surface area contributed by atoms with Gasteiger partial charge in [0.1, 0.15) is 0 Å². The zero-order valence-corrected chi connectivity index (χ0v) is 8.63. The zero-order chi connectivity index (χ0) is 10.0. The van der Waals surface area contributed by atoms with Crippen molar-refractivity contribution in [1.82, 2.24) is 0 Å². The summed E-state index contributed by atoms with van der Waals surface area (Å²) in [7, 11) is 0. The lowest BCUT2D eigenvalue weighted by molar-refractivity contribution is -0.128. The average molecular weight is 197 g/mol. The van der Waals surface area contributed by atoms with Gasteiger partial charge in [-0.1, -0.05) is 0 Å². The summed E-state index contributed by atoms with van der Waals surface area (Å²) in [6, 6.07) is 0. The largest absolute Gasteiger partial charge is 0.381 e. The summed E-state index contributed by atoms with van der Waals surface area (Å²) in [6.07, 6.45) is 5.66. The van der Waals surface area contributed by atoms with E-state index < -0.39 is 5.54 Å². The second-order valence-corrected chi connectivity index (χ2v) is 4.69. The molecule has 2 rings (SSSR count). The number of carbonyl (C=O) groups is 1. The van der Waals surface area contributed by atoms with Crippen molar-refractivity contribution in [3.8, 4) is 0 Å². The van der Waals surface area contributed by atoms with E-state index in [4.69, 9.17) is 10.5 Å². The SMILES string of the molecule is NC1(C(=O)CC2CCOCC2)CCC1. The summed E-state index contributed by atoms with van der Waals surface area (Å²) in [4.78, 5) is 11.8. The van der Waals surface area contributed by atoms with Crippen LogP contribution in [0.15, 0.2) is 0 Å². The first-order chi connectivity index (χ1) is 6.71. The Morgan fingerprint density at radius 1 is 1.36 bits per heavy atom. The molecule has 1 aliphatic carbocycles. The molecular formula is C11H19NO2. The number of nitrogens with two attached hydrogens (primary N) is 1. The van der Waals surface area contributed by atoms with Gasteiger partial charge in [0.05, 0.1) is 5.54 Å². The summed E-state index contributed by atoms with van der Waals surface area (Å²) in [5.41, 5.74) is 5.54. The maximum Gasteiger partial charge on any atom is 0.152 e. The minimum absolute atomic E-state index is 0.288. The first kappa shape index (κ1) is 10.1. The van der Waals surface area contributed by atoms with Gasteiger partial charge in [0.15, 0.2) is 5.78 Å². The smallest absolute Gasteiger partial charge is 0.152 e. The Kier molecular flexibility index (Phi) is 2.88. The highest BCUT2D eigenvalue weighted by Gasteiger charge is 2.40. The molecule has 1 heterocycles. The van der Waals surface area contributed by atoms with Crippen molar-refractivity contribution in [3.05, 3.63) is 0 Å². The highest BCUT2D eigenvalue weighted by Crippen LogP contribution is 2.33. The van der Waals surface area contributed by atoms with Crippen LogP contribution in [-0.4, -0.2) is 24.5 Å². The molecule has 0 aromatic rings. The van der Waals surface area contributed by atoms with Crippen LogP contribution < -0.4 is 5.73 Å². The van der Waals surface area contributed by atoms with Gasteiger partial charge in [0.25, 0.3) is 0 Å². The Labute approximate surface area is 85.0 Å². The van der Waals surface area contributed by atoms with Crippen LogP contribution in [0.2, 0.25) is 0 Å². The molecule has 2 aliphatic rings. The van der Waals surface area contributed by atoms with Crippen LogP contribution in [0.25, 0.3) is 0 Å². The molecule has 1 saturated carbocycles. The zero-order valence-electron chi connectivity index (χ0n) is 8.63. The summed E-state index contributed by atoms with van der Waals surface area (Å²) in [5.74, 6) is 0.813. The molecule has 0 spiro atoms. The fourth-order valence-corrected chi connectivity index (χ4v) is 2.25. The molecule has 0 aromatic carbocycles. The fraction of sp³-hybridized carbons (Fsp3) is 0.909. The van der Waals surface area contributed by atoms with Crippen molar-refractivity contribution in [2.45, 2.75) is 44.1 Å². The van der Waals surface area contributed by atoms with Gasteiger partial charge in [0.2, 0.25) is 0 Å². The van der Waals surface area contributed by atoms with Gasteiger partial charge in [-0.3, -0.25) is 4.79 Å². The predicted octanol–water partition coefficient (Wildman–Crippen LogP) is 1.25. The van der Waals surface area contributed by atoms with Gasteiger partial charge in [-0.15, -0.1) is 0 Å². The van der Waals surface area contributed by atoms with Crippen molar-refractivity contribution in [3.63, 3.8) is 0 Å². The van der Waals surface area contributed by atoms with E-state index in [1.807, 2.05) is 0 Å². The molecule has 2 N–H and O–H groups in total. The van der Waals surface area contributed by atoms with Gasteiger partial charge in [-0.25, -0.2) is 0 Å². The van der Waals surface area contributed by atoms with Gasteiger partial charge in [-0.05, 0) is 38.0 Å². The summed E-state index contributed by atoms with van der Waals surface area (Å²) in [6.45, 7) is 1.63. The van der Waals surface area contributed by atoms with Crippen LogP contribution in [0.5, 0.6) is 0 Å². The van der Waals surface area contributed by atoms with Crippen LogP contribution in [0.4, 0.5) is 0 Å². The number of ketones is 1. The molecule has 0 atom stereocenters. The maximum absolute atomic E-state index is 11.8. The van der Waals surface area contributed by atoms with E-state index in [1.165, 1.54) is 0 Å². The summed E-state index contributed by atoms with van der Waals surface area (Å²) < 4.78 is 5.26. The van der Waals surface area contributed by atoms with Gasteiger partial charge in [0, 0.05) is 19.6 Å². The van der Waals surface area contributed by atoms with Gasteiger partial charge < -0.3 is 10.5 Å². The van der Waals surface area contributed by atoms with Crippen molar-refractivity contribution in [2.24, 2.45) is 11.7 Å². The third-order valence-corrected chi connectivity index (χ3v) is 3.62. The number of ether oxygens (including phenoxy) is 1. The lowest BCUT2D eigenvalue weighted by Gasteiger charge is -2.37. The lowest BCUT2D eigenvalue weighted by atomic mass is 9.72. The Morgan fingerprint density at radius 2 is 2.00 bits per heavy atom. The van der Waals surface area contributed by atoms with Crippen LogP contribution >= 0.6 is 0 Å². The third-order valence-electron chi connectivity index (χ3n) is 3.62. The number of Topliss-reactive ketones (excluding diaryl/α,β-unsaturated/α-hetero) is 1. The molecule has 0 aromatic heterocycles. The summed E-state index contributed by atoms with van der Waals surface area (Å²) in [5, 5.41) is 0. The predicted molar refractivity (Wildman–Crippen MR) is 53.9 cm³/mol. The van der Waals surface area contributed by atoms with Crippen molar-refractivity contribution in [2.75, 3.05) is 13.2 Å². The van der Waals surface area contributed by atoms with E-state index in [0.29, 0.717) is 12.3 Å². The quantitative estimate of drug-likeness (QED) is 0.741. The first-order valence-corrected chi connectivity index (χ1v) is 5.61. The molecule has 1 saturated heterocycles. The highest BCUT2D eigenvalue weighted by molar-refractivity contribution is 5.89. The molecule has 1 aliphatic heterocycles. The van der Waals surface area contributed by atoms with Crippen LogP contribution in [-0.2, 0) is 9.53 Å². The van der Waals surface area contributed by atoms with E-state index in [0.717, 1.165) is 45.3 Å². The monoisotopic (exact) mass is 197 g/mol. The van der Waals surface area contributed by atoms with Crippen LogP contribution in [0.3, 0.4) is 0 Å². The number of hydrogen-bond donors (Lipinski definition) is 1. The highest BCUT2D eigenvalue weighted by atomic mass is 16.5. The van der Waals surface area contributed by atoms with E-state index >= 15 is 0 Å². The van der Waals surface area contributed by atoms with Crippen LogP contribution in [0, 0.1) is 5.92 Å². The van der Waals surface area contributed by atoms with Crippen molar-refractivity contribution < 1.29 is 9.53 Å². The van der Waals surface area contributed by atoms with Gasteiger partial charge >= 0.3 is 0 Å². The molecule has 0 unspecified atom stereocenters. The normalized spacial score (nSPS) is 26.9. The van der Waals surface area contributed by atoms with E-state index in [1.54, 1.807) is 0 Å². The van der Waals surface area contributed by atoms with E-state index in [2.05, 4.69) is 0 Å². The Balaban J connectivity index is 1.81. The summed E-state index contributed by atoms with van der Waals surface area (Å²) >= 11 is 0. The third kappa shape index (κ3) is 1.98. The molecule has 80 valence electrons. The maximum atomic E-state index is 11.8. The topological polar surface area (TPSA) is 52.3 Å². The standard InChI is InChI=1S/C11H19NO2/c12-11(4-1-5-11)10(13)8-9-2-6-14-7-3-9/h9H,1-8,12H2. The molecule has 0 bridgehead atoms. The minimum atomic E-state index is -0.446. The van der Waals surface area contributed by atoms with Crippen molar-refractivity contribution in [1.29, 1.82) is 0 Å². The van der Waals surface area contributed by atoms with E-state index in [9.17, 15) is 4.79 Å². The molecule has 0 amide bonds. The van der Waals surface area contributed by atoms with Gasteiger partial charge in [-0.2, -0.15) is 0 Å². The molecule has 0 radical (unpaired) electrons. The fourth-order valence-electron chi connectivity index (χ4n) is 2.25. The molecule has 14 heavy (non-hydrogen) atoms. The second kappa shape index (κ2) is 3.99. The number of carbonyl (C=O) groups excluding carboxylic acids is 1. The molecule has 2 fully saturated rings. The van der Waals surface area contributed by atoms with E-state index in [-0.39, 0.29) is 5.78 Å². The Hall–Kier alpha value is -0.410. The molecule has 3 heteroatoms. The second-order valence-electron chi connectivity index (χ2n) is 4.69. The number of rotatable bonds is 3. The molecular weight excluding hydrogens is 178 g/mol. The minimum Gasteiger partial charge on any atom is -0.381 e. The number of hydrogen-bond acceptors (Lipinski definition) is 3.